The molecule has 0 saturated carbocycles. The lowest BCUT2D eigenvalue weighted by atomic mass is 10.0. The number of rotatable bonds is 14. The van der Waals surface area contributed by atoms with E-state index in [-0.39, 0.29) is 18.1 Å². The molecule has 0 aromatic rings. The van der Waals surface area contributed by atoms with Gasteiger partial charge in [0.15, 0.2) is 9.84 Å². The standard InChI is InChI=1S/C13H27Cl2NO5S/c1-13(2,16(14)15)5-4-11-22(17,18)12-10-21-9-8-20-7-6-19-3/h4-12H2,1-3H3. The van der Waals surface area contributed by atoms with E-state index in [4.69, 9.17) is 37.8 Å². The van der Waals surface area contributed by atoms with Gasteiger partial charge in [0.25, 0.3) is 0 Å². The monoisotopic (exact) mass is 379 g/mol. The normalized spacial score (nSPS) is 13.0. The number of halogens is 2. The van der Waals surface area contributed by atoms with E-state index in [0.29, 0.717) is 39.3 Å². The molecule has 0 rings (SSSR count). The average Bonchev–Trinajstić information content (AvgIpc) is 2.41. The van der Waals surface area contributed by atoms with Crippen LogP contribution in [0.5, 0.6) is 0 Å². The highest BCUT2D eigenvalue weighted by Gasteiger charge is 2.24. The summed E-state index contributed by atoms with van der Waals surface area (Å²) in [6.07, 6.45) is 1.10. The van der Waals surface area contributed by atoms with Gasteiger partial charge in [-0.15, -0.1) is 3.94 Å². The number of ether oxygens (including phenoxy) is 3. The van der Waals surface area contributed by atoms with Gasteiger partial charge < -0.3 is 14.2 Å². The average molecular weight is 380 g/mol. The van der Waals surface area contributed by atoms with Crippen molar-refractivity contribution >= 4 is 33.4 Å². The fourth-order valence-corrected chi connectivity index (χ4v) is 2.89. The Kier molecular flexibility index (Phi) is 12.0. The van der Waals surface area contributed by atoms with E-state index < -0.39 is 15.4 Å². The van der Waals surface area contributed by atoms with E-state index in [0.717, 1.165) is 3.94 Å². The summed E-state index contributed by atoms with van der Waals surface area (Å²) in [7, 11) is -1.52. The predicted molar refractivity (Wildman–Crippen MR) is 89.0 cm³/mol. The quantitative estimate of drug-likeness (QED) is 0.340. The largest absolute Gasteiger partial charge is 0.382 e. The molecule has 9 heteroatoms. The van der Waals surface area contributed by atoms with Crippen molar-refractivity contribution in [3.8, 4) is 0 Å². The predicted octanol–water partition coefficient (Wildman–Crippen LogP) is 2.25. The minimum Gasteiger partial charge on any atom is -0.382 e. The zero-order valence-electron chi connectivity index (χ0n) is 13.5. The van der Waals surface area contributed by atoms with E-state index in [2.05, 4.69) is 0 Å². The number of sulfone groups is 1. The minimum atomic E-state index is -3.12. The Balaban J connectivity index is 3.70. The lowest BCUT2D eigenvalue weighted by molar-refractivity contribution is 0.0284. The molecule has 22 heavy (non-hydrogen) atoms. The molecule has 0 radical (unpaired) electrons. The summed E-state index contributed by atoms with van der Waals surface area (Å²) in [5.41, 5.74) is -0.450. The van der Waals surface area contributed by atoms with Crippen LogP contribution in [0.1, 0.15) is 26.7 Å². The fourth-order valence-electron chi connectivity index (χ4n) is 1.56. The van der Waals surface area contributed by atoms with Crippen LogP contribution in [0.4, 0.5) is 0 Å². The maximum Gasteiger partial charge on any atom is 0.152 e. The third-order valence-electron chi connectivity index (χ3n) is 3.04. The third kappa shape index (κ3) is 11.9. The van der Waals surface area contributed by atoms with Crippen molar-refractivity contribution in [2.24, 2.45) is 0 Å². The first kappa shape index (κ1) is 22.4. The van der Waals surface area contributed by atoms with Crippen LogP contribution in [0.25, 0.3) is 0 Å². The van der Waals surface area contributed by atoms with Crippen molar-refractivity contribution in [2.45, 2.75) is 32.2 Å². The fraction of sp³-hybridized carbons (Fsp3) is 1.00. The lowest BCUT2D eigenvalue weighted by Gasteiger charge is -2.27. The molecule has 0 aromatic heterocycles. The van der Waals surface area contributed by atoms with Gasteiger partial charge in [0.05, 0.1) is 44.5 Å². The van der Waals surface area contributed by atoms with Gasteiger partial charge in [-0.05, 0) is 50.2 Å². The molecule has 0 atom stereocenters. The number of nitrogens with zero attached hydrogens (tertiary/aromatic N) is 1. The highest BCUT2D eigenvalue weighted by Crippen LogP contribution is 2.25. The molecule has 0 aliphatic heterocycles. The van der Waals surface area contributed by atoms with Crippen LogP contribution in [0.3, 0.4) is 0 Å². The van der Waals surface area contributed by atoms with Gasteiger partial charge in [-0.2, -0.15) is 0 Å². The summed E-state index contributed by atoms with van der Waals surface area (Å²) in [5.74, 6) is 0.114. The summed E-state index contributed by atoms with van der Waals surface area (Å²) < 4.78 is 40.0. The van der Waals surface area contributed by atoms with E-state index >= 15 is 0 Å². The Morgan fingerprint density at radius 1 is 0.955 bits per heavy atom. The summed E-state index contributed by atoms with van der Waals surface area (Å²) in [4.78, 5) is 0. The maximum atomic E-state index is 11.9. The SMILES string of the molecule is COCCOCCOCCS(=O)(=O)CCCC(C)(C)N(Cl)Cl. The molecular formula is C13H27Cl2NO5S. The highest BCUT2D eigenvalue weighted by molar-refractivity contribution is 7.91. The van der Waals surface area contributed by atoms with Gasteiger partial charge in [-0.3, -0.25) is 0 Å². The summed E-state index contributed by atoms with van der Waals surface area (Å²) in [5, 5.41) is 0. The van der Waals surface area contributed by atoms with Crippen molar-refractivity contribution in [2.75, 3.05) is 51.6 Å². The van der Waals surface area contributed by atoms with Crippen LogP contribution in [-0.4, -0.2) is 69.5 Å². The van der Waals surface area contributed by atoms with Gasteiger partial charge in [0.1, 0.15) is 0 Å². The molecule has 0 heterocycles. The molecule has 0 unspecified atom stereocenters. The molecule has 0 aromatic carbocycles. The first-order chi connectivity index (χ1) is 10.2. The first-order valence-electron chi connectivity index (χ1n) is 7.18. The number of methoxy groups -OCH3 is 1. The molecule has 0 amide bonds. The molecular weight excluding hydrogens is 353 g/mol. The van der Waals surface area contributed by atoms with Crippen LogP contribution >= 0.6 is 23.6 Å². The Morgan fingerprint density at radius 3 is 2.05 bits per heavy atom. The van der Waals surface area contributed by atoms with Crippen LogP contribution < -0.4 is 0 Å². The molecule has 0 spiro atoms. The van der Waals surface area contributed by atoms with Crippen LogP contribution in [0, 0.1) is 0 Å². The summed E-state index contributed by atoms with van der Waals surface area (Å²) >= 11 is 11.4. The van der Waals surface area contributed by atoms with Gasteiger partial charge in [-0.25, -0.2) is 8.42 Å². The first-order valence-corrected chi connectivity index (χ1v) is 9.68. The molecule has 0 fully saturated rings. The molecule has 0 N–H and O–H groups in total. The molecule has 0 aliphatic carbocycles. The third-order valence-corrected chi connectivity index (χ3v) is 5.66. The summed E-state index contributed by atoms with van der Waals surface area (Å²) in [6, 6.07) is 0. The zero-order valence-corrected chi connectivity index (χ0v) is 15.8. The Hall–Kier alpha value is 0.370. The Morgan fingerprint density at radius 2 is 1.50 bits per heavy atom. The van der Waals surface area contributed by atoms with Crippen LogP contribution in [0.15, 0.2) is 0 Å². The maximum absolute atomic E-state index is 11.9. The van der Waals surface area contributed by atoms with Crippen molar-refractivity contribution in [1.82, 2.24) is 3.94 Å². The van der Waals surface area contributed by atoms with Crippen molar-refractivity contribution < 1.29 is 22.6 Å². The van der Waals surface area contributed by atoms with Gasteiger partial charge in [-0.1, -0.05) is 0 Å². The van der Waals surface area contributed by atoms with E-state index in [1.54, 1.807) is 7.11 Å². The van der Waals surface area contributed by atoms with Gasteiger partial charge >= 0.3 is 0 Å². The molecule has 0 saturated heterocycles. The smallest absolute Gasteiger partial charge is 0.152 e. The van der Waals surface area contributed by atoms with E-state index in [1.165, 1.54) is 0 Å². The van der Waals surface area contributed by atoms with Crippen LogP contribution in [-0.2, 0) is 24.0 Å². The Labute approximate surface area is 144 Å². The van der Waals surface area contributed by atoms with Crippen molar-refractivity contribution in [3.05, 3.63) is 0 Å². The molecule has 6 nitrogen and oxygen atoms in total. The second-order valence-corrected chi connectivity index (χ2v) is 8.67. The van der Waals surface area contributed by atoms with Gasteiger partial charge in [0.2, 0.25) is 0 Å². The highest BCUT2D eigenvalue weighted by atomic mass is 35.5. The second-order valence-electron chi connectivity index (χ2n) is 5.52. The second kappa shape index (κ2) is 11.8. The number of hydrogen-bond acceptors (Lipinski definition) is 6. The van der Waals surface area contributed by atoms with E-state index in [9.17, 15) is 8.42 Å². The van der Waals surface area contributed by atoms with Crippen molar-refractivity contribution in [3.63, 3.8) is 0 Å². The van der Waals surface area contributed by atoms with Crippen LogP contribution in [0.2, 0.25) is 0 Å². The molecule has 0 aliphatic rings. The molecule has 134 valence electrons. The topological polar surface area (TPSA) is 65.1 Å². The van der Waals surface area contributed by atoms with E-state index in [1.807, 2.05) is 13.8 Å². The minimum absolute atomic E-state index is 0.0109. The zero-order chi connectivity index (χ0) is 17.1. The van der Waals surface area contributed by atoms with Crippen molar-refractivity contribution in [1.29, 1.82) is 0 Å². The molecule has 0 bridgehead atoms. The number of hydrogen-bond donors (Lipinski definition) is 0. The Bertz CT molecular complexity index is 377. The summed E-state index contributed by atoms with van der Waals surface area (Å²) in [6.45, 7) is 5.73. The lowest BCUT2D eigenvalue weighted by Crippen LogP contribution is -2.31. The van der Waals surface area contributed by atoms with Gasteiger partial charge in [0, 0.05) is 12.6 Å².